The van der Waals surface area contributed by atoms with E-state index in [9.17, 15) is 9.59 Å². The molecule has 1 atom stereocenters. The van der Waals surface area contributed by atoms with E-state index in [4.69, 9.17) is 4.42 Å². The van der Waals surface area contributed by atoms with Crippen LogP contribution in [0.3, 0.4) is 0 Å². The maximum atomic E-state index is 12.9. The predicted octanol–water partition coefficient (Wildman–Crippen LogP) is 4.88. The van der Waals surface area contributed by atoms with Gasteiger partial charge in [0.25, 0.3) is 5.91 Å². The molecule has 2 aromatic rings. The van der Waals surface area contributed by atoms with E-state index in [1.54, 1.807) is 13.0 Å². The molecule has 2 amide bonds. The highest BCUT2D eigenvalue weighted by atomic mass is 79.9. The highest BCUT2D eigenvalue weighted by molar-refractivity contribution is 9.10. The number of aryl methyl sites for hydroxylation is 1. The second-order valence-electron chi connectivity index (χ2n) is 7.46. The van der Waals surface area contributed by atoms with Gasteiger partial charge in [-0.3, -0.25) is 9.59 Å². The first-order valence-electron chi connectivity index (χ1n) is 10.2. The van der Waals surface area contributed by atoms with E-state index in [1.165, 1.54) is 12.8 Å². The number of furan rings is 1. The molecular weight excluding hydrogens is 434 g/mol. The van der Waals surface area contributed by atoms with Crippen LogP contribution in [0.4, 0.5) is 11.4 Å². The Morgan fingerprint density at radius 3 is 2.66 bits per heavy atom. The Hall–Kier alpha value is -2.28. The van der Waals surface area contributed by atoms with E-state index < -0.39 is 6.04 Å². The van der Waals surface area contributed by atoms with Gasteiger partial charge in [-0.1, -0.05) is 25.8 Å². The molecule has 2 N–H and O–H groups in total. The first-order chi connectivity index (χ1) is 14.0. The third-order valence-corrected chi connectivity index (χ3v) is 5.54. The number of hydrogen-bond acceptors (Lipinski definition) is 4. The Balaban J connectivity index is 1.69. The zero-order valence-electron chi connectivity index (χ0n) is 17.0. The molecule has 2 heterocycles. The summed E-state index contributed by atoms with van der Waals surface area (Å²) in [5, 5.41) is 5.81. The van der Waals surface area contributed by atoms with E-state index in [1.807, 2.05) is 18.2 Å². The van der Waals surface area contributed by atoms with Gasteiger partial charge < -0.3 is 20.0 Å². The van der Waals surface area contributed by atoms with Gasteiger partial charge in [0, 0.05) is 30.0 Å². The number of carbonyl (C=O) groups excluding carboxylic acids is 2. The first-order valence-corrected chi connectivity index (χ1v) is 11.0. The molecule has 0 aliphatic carbocycles. The lowest BCUT2D eigenvalue weighted by molar-refractivity contribution is -0.118. The molecule has 1 aliphatic heterocycles. The monoisotopic (exact) mass is 461 g/mol. The number of carbonyl (C=O) groups is 2. The van der Waals surface area contributed by atoms with Crippen molar-refractivity contribution in [1.82, 2.24) is 5.32 Å². The molecule has 0 radical (unpaired) electrons. The standard InChI is InChI=1S/C22H28BrN3O3/c1-3-4-10-18(25-22(28)20-15(2)13-19(23)29-20)21(27)24-16-8-7-9-17(14-16)26-11-5-6-12-26/h7-9,13-14,18H,3-6,10-12H2,1-2H3,(H,24,27)(H,25,28). The molecule has 1 saturated heterocycles. The topological polar surface area (TPSA) is 74.6 Å². The fraction of sp³-hybridized carbons (Fsp3) is 0.455. The average Bonchev–Trinajstić information content (AvgIpc) is 3.34. The number of nitrogens with zero attached hydrogens (tertiary/aromatic N) is 1. The molecule has 1 fully saturated rings. The molecule has 3 rings (SSSR count). The molecule has 29 heavy (non-hydrogen) atoms. The number of amides is 2. The Morgan fingerprint density at radius 2 is 2.00 bits per heavy atom. The number of halogens is 1. The van der Waals surface area contributed by atoms with Gasteiger partial charge in [-0.15, -0.1) is 0 Å². The molecule has 0 spiro atoms. The highest BCUT2D eigenvalue weighted by Crippen LogP contribution is 2.24. The van der Waals surface area contributed by atoms with E-state index in [0.717, 1.165) is 42.9 Å². The van der Waals surface area contributed by atoms with Crippen molar-refractivity contribution in [3.05, 3.63) is 46.3 Å². The van der Waals surface area contributed by atoms with E-state index >= 15 is 0 Å². The predicted molar refractivity (Wildman–Crippen MR) is 118 cm³/mol. The maximum absolute atomic E-state index is 12.9. The zero-order chi connectivity index (χ0) is 20.8. The van der Waals surface area contributed by atoms with Gasteiger partial charge in [0.15, 0.2) is 10.4 Å². The lowest BCUT2D eigenvalue weighted by Gasteiger charge is -2.20. The molecule has 1 aliphatic rings. The number of rotatable bonds is 8. The van der Waals surface area contributed by atoms with Crippen LogP contribution in [0.2, 0.25) is 0 Å². The molecule has 6 nitrogen and oxygen atoms in total. The minimum Gasteiger partial charge on any atom is -0.444 e. The van der Waals surface area contributed by atoms with Gasteiger partial charge in [-0.05, 0) is 66.4 Å². The minimum absolute atomic E-state index is 0.214. The number of anilines is 2. The summed E-state index contributed by atoms with van der Waals surface area (Å²) in [6.45, 7) is 5.95. The Kier molecular flexibility index (Phi) is 7.36. The Labute approximate surface area is 180 Å². The third kappa shape index (κ3) is 5.63. The average molecular weight is 462 g/mol. The Morgan fingerprint density at radius 1 is 1.24 bits per heavy atom. The summed E-state index contributed by atoms with van der Waals surface area (Å²) in [5.74, 6) is -0.369. The quantitative estimate of drug-likeness (QED) is 0.587. The molecular formula is C22H28BrN3O3. The van der Waals surface area contributed by atoms with E-state index in [0.29, 0.717) is 11.1 Å². The van der Waals surface area contributed by atoms with E-state index in [-0.39, 0.29) is 17.6 Å². The largest absolute Gasteiger partial charge is 0.444 e. The fourth-order valence-corrected chi connectivity index (χ4v) is 4.06. The van der Waals surface area contributed by atoms with Crippen LogP contribution in [0, 0.1) is 6.92 Å². The lowest BCUT2D eigenvalue weighted by atomic mass is 10.1. The SMILES string of the molecule is CCCCC(NC(=O)c1oc(Br)cc1C)C(=O)Nc1cccc(N2CCCC2)c1. The molecule has 1 aromatic carbocycles. The lowest BCUT2D eigenvalue weighted by Crippen LogP contribution is -2.43. The molecule has 156 valence electrons. The summed E-state index contributed by atoms with van der Waals surface area (Å²) >= 11 is 3.24. The van der Waals surface area contributed by atoms with Gasteiger partial charge in [-0.25, -0.2) is 0 Å². The molecule has 7 heteroatoms. The summed E-state index contributed by atoms with van der Waals surface area (Å²) in [6, 6.07) is 9.00. The van der Waals surface area contributed by atoms with E-state index in [2.05, 4.69) is 44.5 Å². The molecule has 1 aromatic heterocycles. The van der Waals surface area contributed by atoms with Crippen molar-refractivity contribution in [3.8, 4) is 0 Å². The molecule has 1 unspecified atom stereocenters. The molecule has 0 saturated carbocycles. The van der Waals surface area contributed by atoms with Gasteiger partial charge >= 0.3 is 0 Å². The van der Waals surface area contributed by atoms with Crippen molar-refractivity contribution in [3.63, 3.8) is 0 Å². The van der Waals surface area contributed by atoms with Gasteiger partial charge in [0.2, 0.25) is 5.91 Å². The summed E-state index contributed by atoms with van der Waals surface area (Å²) in [7, 11) is 0. The van der Waals surface area contributed by atoms with Crippen LogP contribution in [0.25, 0.3) is 0 Å². The number of benzene rings is 1. The van der Waals surface area contributed by atoms with Crippen LogP contribution in [0.15, 0.2) is 39.4 Å². The smallest absolute Gasteiger partial charge is 0.287 e. The van der Waals surface area contributed by atoms with Crippen LogP contribution in [0.5, 0.6) is 0 Å². The summed E-state index contributed by atoms with van der Waals surface area (Å²) in [5.41, 5.74) is 2.58. The number of nitrogens with one attached hydrogen (secondary N) is 2. The van der Waals surface area contributed by atoms with Crippen LogP contribution in [-0.4, -0.2) is 30.9 Å². The second-order valence-corrected chi connectivity index (χ2v) is 8.25. The van der Waals surface area contributed by atoms with Crippen molar-refractivity contribution in [1.29, 1.82) is 0 Å². The summed E-state index contributed by atoms with van der Waals surface area (Å²) in [6.07, 6.45) is 4.75. The van der Waals surface area contributed by atoms with Crippen LogP contribution < -0.4 is 15.5 Å². The van der Waals surface area contributed by atoms with Crippen LogP contribution >= 0.6 is 15.9 Å². The van der Waals surface area contributed by atoms with Crippen molar-refractivity contribution in [2.24, 2.45) is 0 Å². The fourth-order valence-electron chi connectivity index (χ4n) is 3.55. The number of unbranched alkanes of at least 4 members (excludes halogenated alkanes) is 1. The first kappa shape index (κ1) is 21.4. The highest BCUT2D eigenvalue weighted by Gasteiger charge is 2.24. The van der Waals surface area contributed by atoms with Crippen molar-refractivity contribution < 1.29 is 14.0 Å². The van der Waals surface area contributed by atoms with Gasteiger partial charge in [0.05, 0.1) is 0 Å². The maximum Gasteiger partial charge on any atom is 0.287 e. The van der Waals surface area contributed by atoms with Crippen molar-refractivity contribution >= 4 is 39.1 Å². The minimum atomic E-state index is -0.624. The van der Waals surface area contributed by atoms with Gasteiger partial charge in [0.1, 0.15) is 6.04 Å². The van der Waals surface area contributed by atoms with Crippen molar-refractivity contribution in [2.75, 3.05) is 23.3 Å². The second kappa shape index (κ2) is 9.96. The number of hydrogen-bond donors (Lipinski definition) is 2. The van der Waals surface area contributed by atoms with Gasteiger partial charge in [-0.2, -0.15) is 0 Å². The van der Waals surface area contributed by atoms with Crippen molar-refractivity contribution in [2.45, 2.75) is 52.0 Å². The summed E-state index contributed by atoms with van der Waals surface area (Å²) < 4.78 is 5.91. The third-order valence-electron chi connectivity index (χ3n) is 5.15. The zero-order valence-corrected chi connectivity index (χ0v) is 18.5. The van der Waals surface area contributed by atoms with Crippen LogP contribution in [0.1, 0.15) is 55.1 Å². The van der Waals surface area contributed by atoms with Crippen LogP contribution in [-0.2, 0) is 4.79 Å². The normalized spacial score (nSPS) is 14.7. The Bertz CT molecular complexity index is 859. The molecule has 0 bridgehead atoms. The summed E-state index contributed by atoms with van der Waals surface area (Å²) in [4.78, 5) is 27.9.